The molecule has 0 amide bonds. The highest BCUT2D eigenvalue weighted by Crippen LogP contribution is 2.37. The zero-order valence-electron chi connectivity index (χ0n) is 10.9. The normalized spacial score (nSPS) is 21.4. The van der Waals surface area contributed by atoms with Crippen LogP contribution in [0.3, 0.4) is 0 Å². The molecule has 0 fully saturated rings. The van der Waals surface area contributed by atoms with Crippen molar-refractivity contribution >= 4 is 5.69 Å². The van der Waals surface area contributed by atoms with E-state index in [-0.39, 0.29) is 5.66 Å². The smallest absolute Gasteiger partial charge is 0.176 e. The number of aryl methyl sites for hydroxylation is 1. The van der Waals surface area contributed by atoms with Crippen LogP contribution < -0.4 is 4.90 Å². The molecule has 2 rings (SSSR count). The highest BCUT2D eigenvalue weighted by Gasteiger charge is 2.45. The summed E-state index contributed by atoms with van der Waals surface area (Å²) in [6.07, 6.45) is 4.44. The second-order valence-electron chi connectivity index (χ2n) is 5.49. The Bertz CT molecular complexity index is 430. The van der Waals surface area contributed by atoms with E-state index in [1.54, 1.807) is 0 Å². The Kier molecular flexibility index (Phi) is 2.35. The summed E-state index contributed by atoms with van der Waals surface area (Å²) in [7, 11) is 4.46. The third kappa shape index (κ3) is 1.45. The van der Waals surface area contributed by atoms with Gasteiger partial charge >= 0.3 is 0 Å². The van der Waals surface area contributed by atoms with E-state index in [0.29, 0.717) is 0 Å². The maximum Gasteiger partial charge on any atom is 0.176 e. The van der Waals surface area contributed by atoms with Crippen LogP contribution in [0, 0.1) is 6.92 Å². The van der Waals surface area contributed by atoms with Gasteiger partial charge in [0.15, 0.2) is 5.66 Å². The van der Waals surface area contributed by atoms with Crippen molar-refractivity contribution in [2.75, 3.05) is 19.0 Å². The van der Waals surface area contributed by atoms with Crippen LogP contribution in [0.4, 0.5) is 5.69 Å². The van der Waals surface area contributed by atoms with E-state index >= 15 is 0 Å². The molecule has 0 unspecified atom stereocenters. The van der Waals surface area contributed by atoms with E-state index in [4.69, 9.17) is 0 Å². The van der Waals surface area contributed by atoms with E-state index < -0.39 is 0 Å². The Morgan fingerprint density at radius 3 is 2.25 bits per heavy atom. The van der Waals surface area contributed by atoms with E-state index in [2.05, 4.69) is 76.4 Å². The van der Waals surface area contributed by atoms with Crippen LogP contribution in [0.5, 0.6) is 0 Å². The highest BCUT2D eigenvalue weighted by atomic mass is 15.5. The van der Waals surface area contributed by atoms with Gasteiger partial charge in [0.1, 0.15) is 6.20 Å². The first-order valence-corrected chi connectivity index (χ1v) is 5.74. The summed E-state index contributed by atoms with van der Waals surface area (Å²) in [5.74, 6) is 0. The number of hydrogen-bond acceptors (Lipinski definition) is 1. The number of hydrogen-bond donors (Lipinski definition) is 0. The summed E-state index contributed by atoms with van der Waals surface area (Å²) in [6, 6.07) is 8.54. The molecular formula is C14H21N2+. The van der Waals surface area contributed by atoms with Gasteiger partial charge in [0, 0.05) is 19.5 Å². The Balaban J connectivity index is 2.46. The number of benzene rings is 1. The fourth-order valence-corrected chi connectivity index (χ4v) is 2.08. The number of nitrogens with zero attached hydrogens (tertiary/aromatic N) is 2. The maximum absolute atomic E-state index is 2.36. The van der Waals surface area contributed by atoms with Crippen molar-refractivity contribution in [1.29, 1.82) is 0 Å². The summed E-state index contributed by atoms with van der Waals surface area (Å²) in [6.45, 7) is 6.72. The van der Waals surface area contributed by atoms with Gasteiger partial charge < -0.3 is 0 Å². The van der Waals surface area contributed by atoms with E-state index in [1.165, 1.54) is 11.3 Å². The van der Waals surface area contributed by atoms with E-state index in [0.717, 1.165) is 4.48 Å². The van der Waals surface area contributed by atoms with Crippen molar-refractivity contribution in [2.24, 2.45) is 0 Å². The van der Waals surface area contributed by atoms with Crippen LogP contribution in [0.1, 0.15) is 19.4 Å². The van der Waals surface area contributed by atoms with E-state index in [1.807, 2.05) is 0 Å². The van der Waals surface area contributed by atoms with Crippen LogP contribution in [0.2, 0.25) is 0 Å². The van der Waals surface area contributed by atoms with Gasteiger partial charge in [-0.05, 0) is 18.6 Å². The molecule has 1 aliphatic rings. The van der Waals surface area contributed by atoms with Gasteiger partial charge in [0.25, 0.3) is 0 Å². The number of quaternary nitrogens is 1. The second kappa shape index (κ2) is 3.36. The van der Waals surface area contributed by atoms with Crippen molar-refractivity contribution < 1.29 is 4.48 Å². The van der Waals surface area contributed by atoms with Crippen molar-refractivity contribution in [3.63, 3.8) is 0 Å². The molecule has 2 nitrogen and oxygen atoms in total. The molecule has 1 aliphatic heterocycles. The zero-order chi connectivity index (χ0) is 12.0. The average Bonchev–Trinajstić information content (AvgIpc) is 2.39. The summed E-state index contributed by atoms with van der Waals surface area (Å²) >= 11 is 0. The molecule has 1 aromatic rings. The molecule has 0 bridgehead atoms. The molecule has 0 spiro atoms. The molecule has 0 radical (unpaired) electrons. The predicted molar refractivity (Wildman–Crippen MR) is 69.0 cm³/mol. The topological polar surface area (TPSA) is 3.24 Å². The Labute approximate surface area is 98.4 Å². The molecule has 0 saturated heterocycles. The SMILES string of the molecule is Cc1ccccc1N1C=C[N+](C)(C)C1(C)C. The molecule has 16 heavy (non-hydrogen) atoms. The van der Waals surface area contributed by atoms with Crippen molar-refractivity contribution in [2.45, 2.75) is 26.4 Å². The molecular weight excluding hydrogens is 196 g/mol. The van der Waals surface area contributed by atoms with Crippen molar-refractivity contribution in [1.82, 2.24) is 0 Å². The molecule has 2 heteroatoms. The predicted octanol–water partition coefficient (Wildman–Crippen LogP) is 3.10. The van der Waals surface area contributed by atoms with Gasteiger partial charge in [-0.15, -0.1) is 0 Å². The minimum atomic E-state index is 0.0616. The molecule has 0 N–H and O–H groups in total. The van der Waals surface area contributed by atoms with Crippen molar-refractivity contribution in [3.05, 3.63) is 42.2 Å². The van der Waals surface area contributed by atoms with Crippen LogP contribution in [0.15, 0.2) is 36.7 Å². The maximum atomic E-state index is 2.36. The van der Waals surface area contributed by atoms with E-state index in [9.17, 15) is 0 Å². The molecule has 0 aliphatic carbocycles. The average molecular weight is 217 g/mol. The first kappa shape index (κ1) is 11.2. The summed E-state index contributed by atoms with van der Waals surface area (Å²) in [5, 5.41) is 0. The quantitative estimate of drug-likeness (QED) is 0.653. The Morgan fingerprint density at radius 1 is 1.12 bits per heavy atom. The third-order valence-corrected chi connectivity index (χ3v) is 3.96. The minimum Gasteiger partial charge on any atom is -0.291 e. The van der Waals surface area contributed by atoms with Crippen LogP contribution in [0.25, 0.3) is 0 Å². The van der Waals surface area contributed by atoms with Gasteiger partial charge in [-0.3, -0.25) is 9.38 Å². The van der Waals surface area contributed by atoms with Crippen LogP contribution in [-0.2, 0) is 0 Å². The molecule has 0 saturated carbocycles. The summed E-state index contributed by atoms with van der Waals surface area (Å²) < 4.78 is 0.876. The van der Waals surface area contributed by atoms with Gasteiger partial charge in [-0.25, -0.2) is 0 Å². The molecule has 0 aromatic heterocycles. The van der Waals surface area contributed by atoms with Gasteiger partial charge in [0.05, 0.1) is 20.3 Å². The lowest BCUT2D eigenvalue weighted by molar-refractivity contribution is -0.882. The first-order valence-electron chi connectivity index (χ1n) is 5.74. The fourth-order valence-electron chi connectivity index (χ4n) is 2.08. The lowest BCUT2D eigenvalue weighted by Gasteiger charge is -2.42. The lowest BCUT2D eigenvalue weighted by atomic mass is 10.1. The van der Waals surface area contributed by atoms with Gasteiger partial charge in [-0.1, -0.05) is 18.2 Å². The summed E-state index contributed by atoms with van der Waals surface area (Å²) in [4.78, 5) is 2.36. The van der Waals surface area contributed by atoms with Crippen LogP contribution >= 0.6 is 0 Å². The Hall–Kier alpha value is -1.28. The molecule has 1 aromatic carbocycles. The van der Waals surface area contributed by atoms with Gasteiger partial charge in [-0.2, -0.15) is 0 Å². The third-order valence-electron chi connectivity index (χ3n) is 3.96. The molecule has 1 heterocycles. The fraction of sp³-hybridized carbons (Fsp3) is 0.429. The number of anilines is 1. The standard InChI is InChI=1S/C14H21N2/c1-12-8-6-7-9-13(12)15-10-11-16(4,5)14(15,2)3/h6-11H,1-5H3/q+1. The zero-order valence-corrected chi connectivity index (χ0v) is 10.9. The number of rotatable bonds is 1. The largest absolute Gasteiger partial charge is 0.291 e. The van der Waals surface area contributed by atoms with Crippen molar-refractivity contribution in [3.8, 4) is 0 Å². The Morgan fingerprint density at radius 2 is 1.75 bits per heavy atom. The molecule has 0 atom stereocenters. The lowest BCUT2D eigenvalue weighted by Crippen LogP contribution is -2.57. The monoisotopic (exact) mass is 217 g/mol. The number of para-hydroxylation sites is 1. The summed E-state index contributed by atoms with van der Waals surface area (Å²) in [5.41, 5.74) is 2.68. The minimum absolute atomic E-state index is 0.0616. The van der Waals surface area contributed by atoms with Gasteiger partial charge in [0.2, 0.25) is 0 Å². The van der Waals surface area contributed by atoms with Crippen LogP contribution in [-0.4, -0.2) is 24.2 Å². The molecule has 86 valence electrons. The highest BCUT2D eigenvalue weighted by molar-refractivity contribution is 5.57. The first-order chi connectivity index (χ1) is 7.36. The second-order valence-corrected chi connectivity index (χ2v) is 5.49.